The second-order valence-corrected chi connectivity index (χ2v) is 6.50. The summed E-state index contributed by atoms with van der Waals surface area (Å²) in [5.41, 5.74) is 7.52. The van der Waals surface area contributed by atoms with Gasteiger partial charge in [0.2, 0.25) is 0 Å². The molecule has 3 rings (SSSR count). The fourth-order valence-corrected chi connectivity index (χ4v) is 3.71. The first-order chi connectivity index (χ1) is 10.1. The largest absolute Gasteiger partial charge is 0.384 e. The molecular formula is C16H23ClN4. The van der Waals surface area contributed by atoms with E-state index in [4.69, 9.17) is 22.7 Å². The molecule has 2 aliphatic rings. The third-order valence-electron chi connectivity index (χ3n) is 4.66. The molecule has 0 radical (unpaired) electrons. The molecule has 0 aliphatic carbocycles. The second kappa shape index (κ2) is 6.24. The fraction of sp³-hybridized carbons (Fsp3) is 0.562. The van der Waals surface area contributed by atoms with Crippen LogP contribution >= 0.6 is 11.6 Å². The molecule has 0 saturated carbocycles. The summed E-state index contributed by atoms with van der Waals surface area (Å²) >= 11 is 6.04. The van der Waals surface area contributed by atoms with E-state index in [0.717, 1.165) is 24.3 Å². The summed E-state index contributed by atoms with van der Waals surface area (Å²) in [7, 11) is 0. The zero-order chi connectivity index (χ0) is 14.8. The van der Waals surface area contributed by atoms with Gasteiger partial charge in [-0.2, -0.15) is 0 Å². The minimum atomic E-state index is 0.0916. The van der Waals surface area contributed by atoms with E-state index in [1.165, 1.54) is 38.8 Å². The van der Waals surface area contributed by atoms with Crippen LogP contribution in [0.5, 0.6) is 0 Å². The van der Waals surface area contributed by atoms with Crippen molar-refractivity contribution < 1.29 is 0 Å². The first-order valence-corrected chi connectivity index (χ1v) is 8.16. The number of amidine groups is 1. The summed E-state index contributed by atoms with van der Waals surface area (Å²) < 4.78 is 0. The smallest absolute Gasteiger partial charge is 0.124 e. The fourth-order valence-electron chi connectivity index (χ4n) is 3.54. The van der Waals surface area contributed by atoms with Gasteiger partial charge in [0.05, 0.1) is 0 Å². The average molecular weight is 307 g/mol. The van der Waals surface area contributed by atoms with Crippen molar-refractivity contribution in [3.8, 4) is 0 Å². The summed E-state index contributed by atoms with van der Waals surface area (Å²) in [4.78, 5) is 4.99. The summed E-state index contributed by atoms with van der Waals surface area (Å²) in [5, 5.41) is 8.40. The molecule has 2 heterocycles. The predicted molar refractivity (Wildman–Crippen MR) is 88.5 cm³/mol. The van der Waals surface area contributed by atoms with Gasteiger partial charge < -0.3 is 10.6 Å². The first-order valence-electron chi connectivity index (χ1n) is 7.78. The van der Waals surface area contributed by atoms with Gasteiger partial charge in [0.1, 0.15) is 5.84 Å². The number of hydrogen-bond donors (Lipinski definition) is 2. The molecule has 1 aromatic carbocycles. The van der Waals surface area contributed by atoms with Crippen LogP contribution in [0.1, 0.15) is 31.2 Å². The lowest BCUT2D eigenvalue weighted by atomic mass is 10.1. The molecule has 21 heavy (non-hydrogen) atoms. The van der Waals surface area contributed by atoms with Crippen molar-refractivity contribution in [3.05, 3.63) is 28.8 Å². The Labute approximate surface area is 131 Å². The van der Waals surface area contributed by atoms with Crippen molar-refractivity contribution in [3.63, 3.8) is 0 Å². The number of piperidine rings is 1. The van der Waals surface area contributed by atoms with Crippen molar-refractivity contribution in [1.82, 2.24) is 4.90 Å². The number of likely N-dealkylation sites (tertiary alicyclic amines) is 1. The Morgan fingerprint density at radius 3 is 2.67 bits per heavy atom. The number of halogens is 1. The van der Waals surface area contributed by atoms with Gasteiger partial charge in [-0.05, 0) is 50.6 Å². The second-order valence-electron chi connectivity index (χ2n) is 6.06. The molecule has 2 aliphatic heterocycles. The Morgan fingerprint density at radius 1 is 1.19 bits per heavy atom. The van der Waals surface area contributed by atoms with E-state index >= 15 is 0 Å². The summed E-state index contributed by atoms with van der Waals surface area (Å²) in [6.07, 6.45) is 5.23. The highest BCUT2D eigenvalue weighted by Gasteiger charge is 2.29. The topological polar surface area (TPSA) is 56.4 Å². The lowest BCUT2D eigenvalue weighted by Crippen LogP contribution is -2.41. The van der Waals surface area contributed by atoms with Gasteiger partial charge >= 0.3 is 0 Å². The van der Waals surface area contributed by atoms with Crippen LogP contribution in [0.25, 0.3) is 0 Å². The first kappa shape index (κ1) is 14.7. The summed E-state index contributed by atoms with van der Waals surface area (Å²) in [6, 6.07) is 6.32. The summed E-state index contributed by atoms with van der Waals surface area (Å²) in [6.45, 7) is 4.53. The molecule has 1 atom stereocenters. The maximum atomic E-state index is 7.76. The van der Waals surface area contributed by atoms with Crippen LogP contribution < -0.4 is 10.6 Å². The van der Waals surface area contributed by atoms with E-state index in [2.05, 4.69) is 9.80 Å². The summed E-state index contributed by atoms with van der Waals surface area (Å²) in [5.74, 6) is 0.0916. The molecule has 5 heteroatoms. The molecule has 114 valence electrons. The van der Waals surface area contributed by atoms with E-state index in [-0.39, 0.29) is 5.84 Å². The molecular weight excluding hydrogens is 284 g/mol. The van der Waals surface area contributed by atoms with Gasteiger partial charge in [0.15, 0.2) is 0 Å². The molecule has 1 unspecified atom stereocenters. The van der Waals surface area contributed by atoms with Crippen LogP contribution in [0.2, 0.25) is 5.02 Å². The van der Waals surface area contributed by atoms with Crippen LogP contribution in [0.4, 0.5) is 5.69 Å². The lowest BCUT2D eigenvalue weighted by molar-refractivity contribution is 0.175. The van der Waals surface area contributed by atoms with Crippen molar-refractivity contribution in [2.75, 3.05) is 31.1 Å². The number of rotatable bonds is 3. The lowest BCUT2D eigenvalue weighted by Gasteiger charge is -2.32. The quantitative estimate of drug-likeness (QED) is 0.667. The van der Waals surface area contributed by atoms with Gasteiger partial charge in [0.25, 0.3) is 0 Å². The Morgan fingerprint density at radius 2 is 1.95 bits per heavy atom. The average Bonchev–Trinajstić information content (AvgIpc) is 2.97. The third kappa shape index (κ3) is 3.16. The van der Waals surface area contributed by atoms with Crippen molar-refractivity contribution in [2.45, 2.75) is 31.7 Å². The minimum Gasteiger partial charge on any atom is -0.384 e. The zero-order valence-corrected chi connectivity index (χ0v) is 13.1. The van der Waals surface area contributed by atoms with E-state index in [1.54, 1.807) is 6.07 Å². The van der Waals surface area contributed by atoms with E-state index in [1.807, 2.05) is 12.1 Å². The SMILES string of the molecule is N=C(N)c1cc(Cl)ccc1N1CCC(N2CCCCC2)C1. The highest BCUT2D eigenvalue weighted by molar-refractivity contribution is 6.31. The standard InChI is InChI=1S/C16H23ClN4/c17-12-4-5-15(14(10-12)16(18)19)21-9-6-13(11-21)20-7-2-1-3-8-20/h4-5,10,13H,1-3,6-9,11H2,(H3,18,19). The predicted octanol–water partition coefficient (Wildman–Crippen LogP) is 2.69. The molecule has 0 aromatic heterocycles. The number of nitrogen functional groups attached to an aromatic ring is 1. The molecule has 0 amide bonds. The molecule has 0 bridgehead atoms. The van der Waals surface area contributed by atoms with E-state index < -0.39 is 0 Å². The maximum Gasteiger partial charge on any atom is 0.124 e. The number of nitrogens with zero attached hydrogens (tertiary/aromatic N) is 2. The Bertz CT molecular complexity index is 525. The number of hydrogen-bond acceptors (Lipinski definition) is 3. The highest BCUT2D eigenvalue weighted by Crippen LogP contribution is 2.29. The molecule has 2 saturated heterocycles. The zero-order valence-electron chi connectivity index (χ0n) is 12.3. The van der Waals surface area contributed by atoms with E-state index in [0.29, 0.717) is 11.1 Å². The third-order valence-corrected chi connectivity index (χ3v) is 4.89. The van der Waals surface area contributed by atoms with Crippen LogP contribution in [-0.4, -0.2) is 43.0 Å². The van der Waals surface area contributed by atoms with Crippen LogP contribution in [-0.2, 0) is 0 Å². The van der Waals surface area contributed by atoms with Gasteiger partial charge in [-0.15, -0.1) is 0 Å². The monoisotopic (exact) mass is 306 g/mol. The number of anilines is 1. The van der Waals surface area contributed by atoms with Gasteiger partial charge in [-0.25, -0.2) is 0 Å². The van der Waals surface area contributed by atoms with Crippen LogP contribution in [0, 0.1) is 5.41 Å². The highest BCUT2D eigenvalue weighted by atomic mass is 35.5. The maximum absolute atomic E-state index is 7.76. The van der Waals surface area contributed by atoms with Gasteiger partial charge in [-0.1, -0.05) is 18.0 Å². The molecule has 3 N–H and O–H groups in total. The van der Waals surface area contributed by atoms with Crippen molar-refractivity contribution in [1.29, 1.82) is 5.41 Å². The van der Waals surface area contributed by atoms with Crippen LogP contribution in [0.3, 0.4) is 0 Å². The molecule has 1 aromatic rings. The Balaban J connectivity index is 1.75. The molecule has 2 fully saturated rings. The number of nitrogens with one attached hydrogen (secondary N) is 1. The van der Waals surface area contributed by atoms with Crippen molar-refractivity contribution >= 4 is 23.1 Å². The normalized spacial score (nSPS) is 23.5. The number of nitrogens with two attached hydrogens (primary N) is 1. The van der Waals surface area contributed by atoms with Crippen LogP contribution in [0.15, 0.2) is 18.2 Å². The molecule has 0 spiro atoms. The Kier molecular flexibility index (Phi) is 4.36. The van der Waals surface area contributed by atoms with Crippen molar-refractivity contribution in [2.24, 2.45) is 5.73 Å². The molecule has 4 nitrogen and oxygen atoms in total. The number of benzene rings is 1. The van der Waals surface area contributed by atoms with Gasteiger partial charge in [-0.3, -0.25) is 10.3 Å². The minimum absolute atomic E-state index is 0.0916. The van der Waals surface area contributed by atoms with E-state index in [9.17, 15) is 0 Å². The Hall–Kier alpha value is -1.26. The van der Waals surface area contributed by atoms with Gasteiger partial charge in [0, 0.05) is 35.4 Å².